The van der Waals surface area contributed by atoms with E-state index >= 15 is 0 Å². The zero-order valence-electron chi connectivity index (χ0n) is 15.3. The minimum absolute atomic E-state index is 0.163. The topological polar surface area (TPSA) is 102 Å². The summed E-state index contributed by atoms with van der Waals surface area (Å²) in [6.07, 6.45) is -0.134. The standard InChI is InChI=1S/C18H16Cl2N2O6S/c1-27-18(24)10-3-5-12(20)13(7-10)21-17(23)16-9-22(29(2,25)26)14-8-11(19)4-6-15(14)28-16/h3-8,16H,9H2,1-2H3,(H,21,23)/t16-/m1/s1. The van der Waals surface area contributed by atoms with E-state index in [0.717, 1.165) is 10.6 Å². The monoisotopic (exact) mass is 458 g/mol. The Labute approximate surface area is 177 Å². The molecule has 8 nitrogen and oxygen atoms in total. The molecule has 2 aromatic rings. The van der Waals surface area contributed by atoms with Gasteiger partial charge in [0, 0.05) is 5.02 Å². The first-order valence-electron chi connectivity index (χ1n) is 8.23. The molecule has 1 aliphatic rings. The maximum Gasteiger partial charge on any atom is 0.337 e. The summed E-state index contributed by atoms with van der Waals surface area (Å²) in [5.41, 5.74) is 0.597. The van der Waals surface area contributed by atoms with Gasteiger partial charge < -0.3 is 14.8 Å². The first-order valence-corrected chi connectivity index (χ1v) is 10.8. The molecule has 0 saturated carbocycles. The Hall–Kier alpha value is -2.49. The highest BCUT2D eigenvalue weighted by atomic mass is 35.5. The maximum absolute atomic E-state index is 12.8. The Morgan fingerprint density at radius 2 is 1.93 bits per heavy atom. The van der Waals surface area contributed by atoms with Crippen LogP contribution in [0.4, 0.5) is 11.4 Å². The predicted molar refractivity (Wildman–Crippen MR) is 109 cm³/mol. The molecule has 0 aliphatic carbocycles. The van der Waals surface area contributed by atoms with Crippen LogP contribution in [0, 0.1) is 0 Å². The summed E-state index contributed by atoms with van der Waals surface area (Å²) in [6.45, 7) is -0.258. The Kier molecular flexibility index (Phi) is 5.92. The Bertz CT molecular complexity index is 1090. The minimum Gasteiger partial charge on any atom is -0.476 e. The van der Waals surface area contributed by atoms with E-state index in [1.54, 1.807) is 0 Å². The largest absolute Gasteiger partial charge is 0.476 e. The first kappa shape index (κ1) is 21.2. The lowest BCUT2D eigenvalue weighted by Gasteiger charge is -2.34. The zero-order valence-corrected chi connectivity index (χ0v) is 17.6. The molecule has 1 aliphatic heterocycles. The lowest BCUT2D eigenvalue weighted by molar-refractivity contribution is -0.122. The number of hydrogen-bond acceptors (Lipinski definition) is 6. The molecule has 0 saturated heterocycles. The SMILES string of the molecule is COC(=O)c1ccc(Cl)c(NC(=O)[C@H]2CN(S(C)(=O)=O)c3cc(Cl)ccc3O2)c1. The van der Waals surface area contributed by atoms with Gasteiger partial charge in [0.1, 0.15) is 5.75 Å². The van der Waals surface area contributed by atoms with Crippen molar-refractivity contribution in [3.8, 4) is 5.75 Å². The molecule has 1 amide bonds. The van der Waals surface area contributed by atoms with Gasteiger partial charge in [0.25, 0.3) is 5.91 Å². The normalized spacial score (nSPS) is 15.9. The number of ether oxygens (including phenoxy) is 2. The number of carbonyl (C=O) groups excluding carboxylic acids is 2. The summed E-state index contributed by atoms with van der Waals surface area (Å²) >= 11 is 12.1. The third-order valence-corrected chi connectivity index (χ3v) is 5.84. The highest BCUT2D eigenvalue weighted by Crippen LogP contribution is 2.37. The van der Waals surface area contributed by atoms with E-state index < -0.39 is 28.0 Å². The highest BCUT2D eigenvalue weighted by Gasteiger charge is 2.35. The summed E-state index contributed by atoms with van der Waals surface area (Å²) in [7, 11) is -2.47. The molecule has 0 fully saturated rings. The fourth-order valence-electron chi connectivity index (χ4n) is 2.75. The quantitative estimate of drug-likeness (QED) is 0.706. The van der Waals surface area contributed by atoms with E-state index in [-0.39, 0.29) is 34.3 Å². The molecule has 1 atom stereocenters. The van der Waals surface area contributed by atoms with Crippen LogP contribution < -0.4 is 14.4 Å². The molecular weight excluding hydrogens is 443 g/mol. The van der Waals surface area contributed by atoms with Gasteiger partial charge >= 0.3 is 5.97 Å². The second kappa shape index (κ2) is 8.10. The van der Waals surface area contributed by atoms with Crippen LogP contribution in [0.5, 0.6) is 5.75 Å². The molecule has 1 N–H and O–H groups in total. The summed E-state index contributed by atoms with van der Waals surface area (Å²) < 4.78 is 35.8. The maximum atomic E-state index is 12.8. The van der Waals surface area contributed by atoms with Crippen molar-refractivity contribution in [3.63, 3.8) is 0 Å². The Balaban J connectivity index is 1.89. The average molecular weight is 459 g/mol. The number of nitrogens with zero attached hydrogens (tertiary/aromatic N) is 1. The first-order chi connectivity index (χ1) is 13.6. The van der Waals surface area contributed by atoms with Gasteiger partial charge in [-0.25, -0.2) is 13.2 Å². The molecule has 2 aromatic carbocycles. The van der Waals surface area contributed by atoms with Crippen molar-refractivity contribution in [2.24, 2.45) is 0 Å². The molecule has 0 unspecified atom stereocenters. The fourth-order valence-corrected chi connectivity index (χ4v) is 3.99. The van der Waals surface area contributed by atoms with Crippen LogP contribution in [0.15, 0.2) is 36.4 Å². The van der Waals surface area contributed by atoms with Crippen molar-refractivity contribution in [2.45, 2.75) is 6.10 Å². The molecule has 1 heterocycles. The summed E-state index contributed by atoms with van der Waals surface area (Å²) in [5.74, 6) is -1.04. The number of sulfonamides is 1. The van der Waals surface area contributed by atoms with Crippen LogP contribution in [0.2, 0.25) is 10.0 Å². The number of methoxy groups -OCH3 is 1. The molecule has 154 valence electrons. The summed E-state index contributed by atoms with van der Waals surface area (Å²) in [5, 5.41) is 3.08. The van der Waals surface area contributed by atoms with Crippen LogP contribution in [-0.4, -0.2) is 46.3 Å². The number of nitrogens with one attached hydrogen (secondary N) is 1. The lowest BCUT2D eigenvalue weighted by Crippen LogP contribution is -2.48. The van der Waals surface area contributed by atoms with Gasteiger partial charge in [-0.2, -0.15) is 0 Å². The number of halogens is 2. The molecule has 3 rings (SSSR count). The van der Waals surface area contributed by atoms with E-state index in [2.05, 4.69) is 10.1 Å². The third-order valence-electron chi connectivity index (χ3n) is 4.13. The number of fused-ring (bicyclic) bond motifs is 1. The van der Waals surface area contributed by atoms with Crippen molar-refractivity contribution in [1.82, 2.24) is 0 Å². The predicted octanol–water partition coefficient (Wildman–Crippen LogP) is 2.95. The van der Waals surface area contributed by atoms with Crippen molar-refractivity contribution >= 4 is 56.5 Å². The van der Waals surface area contributed by atoms with Gasteiger partial charge in [0.15, 0.2) is 6.10 Å². The molecule has 0 spiro atoms. The lowest BCUT2D eigenvalue weighted by atomic mass is 10.2. The van der Waals surface area contributed by atoms with Crippen LogP contribution in [0.1, 0.15) is 10.4 Å². The fraction of sp³-hybridized carbons (Fsp3) is 0.222. The van der Waals surface area contributed by atoms with E-state index in [1.165, 1.54) is 43.5 Å². The van der Waals surface area contributed by atoms with Crippen molar-refractivity contribution in [2.75, 3.05) is 29.5 Å². The summed E-state index contributed by atoms with van der Waals surface area (Å²) in [4.78, 5) is 24.5. The number of anilines is 2. The number of amides is 1. The van der Waals surface area contributed by atoms with E-state index in [9.17, 15) is 18.0 Å². The van der Waals surface area contributed by atoms with Crippen LogP contribution in [-0.2, 0) is 19.6 Å². The number of hydrogen-bond donors (Lipinski definition) is 1. The minimum atomic E-state index is -3.70. The van der Waals surface area contributed by atoms with Crippen LogP contribution >= 0.6 is 23.2 Å². The molecular formula is C18H16Cl2N2O6S. The van der Waals surface area contributed by atoms with Gasteiger partial charge in [0.05, 0.1) is 41.9 Å². The molecule has 11 heteroatoms. The Morgan fingerprint density at radius 3 is 2.59 bits per heavy atom. The number of carbonyl (C=O) groups is 2. The van der Waals surface area contributed by atoms with Crippen molar-refractivity contribution in [3.05, 3.63) is 52.0 Å². The van der Waals surface area contributed by atoms with E-state index in [0.29, 0.717) is 5.02 Å². The second-order valence-electron chi connectivity index (χ2n) is 6.19. The number of benzene rings is 2. The van der Waals surface area contributed by atoms with Gasteiger partial charge in [-0.05, 0) is 36.4 Å². The van der Waals surface area contributed by atoms with E-state index in [4.69, 9.17) is 27.9 Å². The smallest absolute Gasteiger partial charge is 0.337 e. The number of esters is 1. The molecule has 0 bridgehead atoms. The van der Waals surface area contributed by atoms with E-state index in [1.807, 2.05) is 0 Å². The van der Waals surface area contributed by atoms with Gasteiger partial charge in [-0.1, -0.05) is 23.2 Å². The zero-order chi connectivity index (χ0) is 21.3. The van der Waals surface area contributed by atoms with Gasteiger partial charge in [-0.3, -0.25) is 9.10 Å². The van der Waals surface area contributed by atoms with Crippen molar-refractivity contribution < 1.29 is 27.5 Å². The third kappa shape index (κ3) is 4.58. The highest BCUT2D eigenvalue weighted by molar-refractivity contribution is 7.92. The number of rotatable bonds is 4. The average Bonchev–Trinajstić information content (AvgIpc) is 2.67. The van der Waals surface area contributed by atoms with Crippen LogP contribution in [0.3, 0.4) is 0 Å². The van der Waals surface area contributed by atoms with Crippen molar-refractivity contribution in [1.29, 1.82) is 0 Å². The molecule has 0 aromatic heterocycles. The van der Waals surface area contributed by atoms with Gasteiger partial charge in [-0.15, -0.1) is 0 Å². The molecule has 29 heavy (non-hydrogen) atoms. The second-order valence-corrected chi connectivity index (χ2v) is 8.94. The summed E-state index contributed by atoms with van der Waals surface area (Å²) in [6, 6.07) is 8.70. The molecule has 0 radical (unpaired) electrons. The van der Waals surface area contributed by atoms with Crippen LogP contribution in [0.25, 0.3) is 0 Å². The van der Waals surface area contributed by atoms with Gasteiger partial charge in [0.2, 0.25) is 10.0 Å². The Morgan fingerprint density at radius 1 is 1.21 bits per heavy atom.